The zero-order chi connectivity index (χ0) is 15.3. The van der Waals surface area contributed by atoms with E-state index in [1.807, 2.05) is 6.92 Å². The second kappa shape index (κ2) is 6.98. The van der Waals surface area contributed by atoms with Gasteiger partial charge in [0, 0.05) is 6.54 Å². The Kier molecular flexibility index (Phi) is 5.27. The Balaban J connectivity index is 2.05. The molecular formula is C14H21N3O3S. The van der Waals surface area contributed by atoms with E-state index in [4.69, 9.17) is 0 Å². The summed E-state index contributed by atoms with van der Waals surface area (Å²) in [5, 5.41) is 16.3. The van der Waals surface area contributed by atoms with Gasteiger partial charge in [-0.15, -0.1) is 5.10 Å². The van der Waals surface area contributed by atoms with Crippen molar-refractivity contribution in [2.24, 2.45) is 5.41 Å². The van der Waals surface area contributed by atoms with E-state index in [-0.39, 0.29) is 12.5 Å². The average molecular weight is 311 g/mol. The molecule has 0 aromatic carbocycles. The molecule has 6 nitrogen and oxygen atoms in total. The summed E-state index contributed by atoms with van der Waals surface area (Å²) in [5.74, 6) is -1.06. The number of aryl methyl sites for hydroxylation is 1. The summed E-state index contributed by atoms with van der Waals surface area (Å²) in [4.78, 5) is 24.4. The fourth-order valence-electron chi connectivity index (χ4n) is 2.81. The third kappa shape index (κ3) is 3.58. The molecule has 0 atom stereocenters. The van der Waals surface area contributed by atoms with Gasteiger partial charge in [-0.05, 0) is 30.8 Å². The van der Waals surface area contributed by atoms with Gasteiger partial charge in [-0.3, -0.25) is 9.59 Å². The summed E-state index contributed by atoms with van der Waals surface area (Å²) < 4.78 is 3.79. The van der Waals surface area contributed by atoms with Crippen LogP contribution in [-0.2, 0) is 11.2 Å². The molecule has 116 valence electrons. The van der Waals surface area contributed by atoms with Crippen molar-refractivity contribution in [1.29, 1.82) is 0 Å². The minimum atomic E-state index is -0.823. The first-order valence-corrected chi connectivity index (χ1v) is 8.19. The number of hydrogen-bond donors (Lipinski definition) is 2. The molecule has 0 aliphatic heterocycles. The number of rotatable bonds is 5. The lowest BCUT2D eigenvalue weighted by Gasteiger charge is -2.28. The molecule has 0 unspecified atom stereocenters. The highest BCUT2D eigenvalue weighted by molar-refractivity contribution is 7.08. The van der Waals surface area contributed by atoms with Crippen LogP contribution in [0.25, 0.3) is 0 Å². The molecule has 1 fully saturated rings. The van der Waals surface area contributed by atoms with Crippen molar-refractivity contribution in [2.75, 3.05) is 6.54 Å². The first kappa shape index (κ1) is 15.9. The van der Waals surface area contributed by atoms with Gasteiger partial charge in [0.2, 0.25) is 0 Å². The number of carbonyl (C=O) groups is 2. The van der Waals surface area contributed by atoms with Crippen molar-refractivity contribution in [1.82, 2.24) is 14.9 Å². The first-order valence-electron chi connectivity index (χ1n) is 7.42. The van der Waals surface area contributed by atoms with Gasteiger partial charge in [0.25, 0.3) is 5.91 Å². The van der Waals surface area contributed by atoms with Crippen LogP contribution in [0.1, 0.15) is 60.8 Å². The Morgan fingerprint density at radius 2 is 1.95 bits per heavy atom. The maximum atomic E-state index is 12.2. The number of carbonyl (C=O) groups excluding carboxylic acids is 1. The van der Waals surface area contributed by atoms with E-state index >= 15 is 0 Å². The molecule has 1 aromatic rings. The van der Waals surface area contributed by atoms with Gasteiger partial charge in [-0.25, -0.2) is 0 Å². The molecule has 2 rings (SSSR count). The second-order valence-electron chi connectivity index (χ2n) is 5.58. The molecule has 21 heavy (non-hydrogen) atoms. The Labute approximate surface area is 128 Å². The summed E-state index contributed by atoms with van der Waals surface area (Å²) in [5.41, 5.74) is -0.154. The standard InChI is InChI=1S/C14H21N3O3S/c1-2-10-11(21-17-16-10)12(18)15-9-14(13(19)20)7-5-3-4-6-8-14/h2-9H2,1H3,(H,15,18)(H,19,20). The number of carboxylic acids is 1. The van der Waals surface area contributed by atoms with Gasteiger partial charge in [0.15, 0.2) is 0 Å². The minimum Gasteiger partial charge on any atom is -0.481 e. The summed E-state index contributed by atoms with van der Waals surface area (Å²) in [6.07, 6.45) is 5.86. The SMILES string of the molecule is CCc1nnsc1C(=O)NCC1(C(=O)O)CCCCCC1. The van der Waals surface area contributed by atoms with Gasteiger partial charge in [0.05, 0.1) is 11.1 Å². The summed E-state index contributed by atoms with van der Waals surface area (Å²) in [6.45, 7) is 2.10. The molecule has 2 N–H and O–H groups in total. The monoisotopic (exact) mass is 311 g/mol. The van der Waals surface area contributed by atoms with Gasteiger partial charge in [0.1, 0.15) is 4.88 Å². The zero-order valence-corrected chi connectivity index (χ0v) is 13.0. The third-order valence-corrected chi connectivity index (χ3v) is 4.97. The van der Waals surface area contributed by atoms with Gasteiger partial charge in [-0.1, -0.05) is 37.1 Å². The van der Waals surface area contributed by atoms with Gasteiger partial charge in [-0.2, -0.15) is 0 Å². The fraction of sp³-hybridized carbons (Fsp3) is 0.714. The molecule has 1 amide bonds. The molecule has 1 aliphatic rings. The third-order valence-electron chi connectivity index (χ3n) is 4.20. The van der Waals surface area contributed by atoms with E-state index in [9.17, 15) is 14.7 Å². The second-order valence-corrected chi connectivity index (χ2v) is 6.34. The Morgan fingerprint density at radius 3 is 2.52 bits per heavy atom. The van der Waals surface area contributed by atoms with Crippen LogP contribution in [0.4, 0.5) is 0 Å². The lowest BCUT2D eigenvalue weighted by atomic mass is 9.80. The van der Waals surface area contributed by atoms with Crippen molar-refractivity contribution in [3.8, 4) is 0 Å². The van der Waals surface area contributed by atoms with Crippen molar-refractivity contribution in [2.45, 2.75) is 51.9 Å². The zero-order valence-electron chi connectivity index (χ0n) is 12.2. The van der Waals surface area contributed by atoms with Crippen LogP contribution < -0.4 is 5.32 Å². The molecule has 1 aromatic heterocycles. The van der Waals surface area contributed by atoms with Crippen molar-refractivity contribution < 1.29 is 14.7 Å². The Bertz CT molecular complexity index is 507. The van der Waals surface area contributed by atoms with E-state index in [2.05, 4.69) is 14.9 Å². The minimum absolute atomic E-state index is 0.183. The van der Waals surface area contributed by atoms with Crippen molar-refractivity contribution in [3.05, 3.63) is 10.6 Å². The first-order chi connectivity index (χ1) is 10.1. The van der Waals surface area contributed by atoms with Crippen LogP contribution in [0.2, 0.25) is 0 Å². The number of amides is 1. The number of hydrogen-bond acceptors (Lipinski definition) is 5. The molecule has 0 saturated heterocycles. The highest BCUT2D eigenvalue weighted by Crippen LogP contribution is 2.35. The number of aliphatic carboxylic acids is 1. The number of nitrogens with one attached hydrogen (secondary N) is 1. The van der Waals surface area contributed by atoms with Crippen molar-refractivity contribution in [3.63, 3.8) is 0 Å². The molecule has 1 heterocycles. The summed E-state index contributed by atoms with van der Waals surface area (Å²) in [6, 6.07) is 0. The normalized spacial score (nSPS) is 18.0. The van der Waals surface area contributed by atoms with Crippen LogP contribution >= 0.6 is 11.5 Å². The maximum absolute atomic E-state index is 12.2. The molecule has 1 saturated carbocycles. The lowest BCUT2D eigenvalue weighted by molar-refractivity contribution is -0.149. The van der Waals surface area contributed by atoms with E-state index in [1.165, 1.54) is 0 Å². The predicted octanol–water partition coefficient (Wildman–Crippen LogP) is 2.26. The number of carboxylic acid groups (broad SMARTS) is 1. The molecule has 0 spiro atoms. The van der Waals surface area contributed by atoms with E-state index in [1.54, 1.807) is 0 Å². The van der Waals surface area contributed by atoms with E-state index < -0.39 is 11.4 Å². The van der Waals surface area contributed by atoms with Crippen LogP contribution in [0.3, 0.4) is 0 Å². The van der Waals surface area contributed by atoms with Crippen LogP contribution in [0.5, 0.6) is 0 Å². The molecular weight excluding hydrogens is 290 g/mol. The quantitative estimate of drug-likeness (QED) is 0.814. The molecule has 0 bridgehead atoms. The smallest absolute Gasteiger partial charge is 0.311 e. The molecule has 1 aliphatic carbocycles. The van der Waals surface area contributed by atoms with Crippen LogP contribution in [0, 0.1) is 5.41 Å². The Morgan fingerprint density at radius 1 is 1.29 bits per heavy atom. The number of nitrogens with zero attached hydrogens (tertiary/aromatic N) is 2. The molecule has 0 radical (unpaired) electrons. The topological polar surface area (TPSA) is 92.2 Å². The number of aromatic nitrogens is 2. The summed E-state index contributed by atoms with van der Waals surface area (Å²) >= 11 is 1.06. The predicted molar refractivity (Wildman–Crippen MR) is 79.4 cm³/mol. The van der Waals surface area contributed by atoms with Gasteiger partial charge < -0.3 is 10.4 Å². The summed E-state index contributed by atoms with van der Waals surface area (Å²) in [7, 11) is 0. The molecule has 7 heteroatoms. The van der Waals surface area contributed by atoms with Crippen LogP contribution in [-0.4, -0.2) is 33.1 Å². The van der Waals surface area contributed by atoms with Crippen molar-refractivity contribution >= 4 is 23.4 Å². The fourth-order valence-corrected chi connectivity index (χ4v) is 3.48. The lowest BCUT2D eigenvalue weighted by Crippen LogP contribution is -2.42. The van der Waals surface area contributed by atoms with Gasteiger partial charge >= 0.3 is 5.97 Å². The maximum Gasteiger partial charge on any atom is 0.311 e. The average Bonchev–Trinajstić information content (AvgIpc) is 2.82. The largest absolute Gasteiger partial charge is 0.481 e. The highest BCUT2D eigenvalue weighted by atomic mass is 32.1. The van der Waals surface area contributed by atoms with E-state index in [0.717, 1.165) is 37.2 Å². The van der Waals surface area contributed by atoms with E-state index in [0.29, 0.717) is 29.8 Å². The Hall–Kier alpha value is -1.50. The van der Waals surface area contributed by atoms with Crippen LogP contribution in [0.15, 0.2) is 0 Å². The highest BCUT2D eigenvalue weighted by Gasteiger charge is 2.39.